The highest BCUT2D eigenvalue weighted by molar-refractivity contribution is 6.34. The van der Waals surface area contributed by atoms with Crippen LogP contribution in [-0.2, 0) is 11.3 Å². The fourth-order valence-electron chi connectivity index (χ4n) is 3.50. The van der Waals surface area contributed by atoms with Crippen LogP contribution in [0.5, 0.6) is 0 Å². The topological polar surface area (TPSA) is 103 Å². The van der Waals surface area contributed by atoms with E-state index in [1.807, 2.05) is 0 Å². The van der Waals surface area contributed by atoms with E-state index < -0.39 is 0 Å². The summed E-state index contributed by atoms with van der Waals surface area (Å²) in [7, 11) is 0. The Balaban J connectivity index is 1.16. The van der Waals surface area contributed by atoms with Gasteiger partial charge in [-0.15, -0.1) is 5.10 Å². The minimum Gasteiger partial charge on any atom is -0.445 e. The minimum atomic E-state index is -0.364. The molecule has 168 valence electrons. The first kappa shape index (κ1) is 22.3. The first-order valence-electron chi connectivity index (χ1n) is 10.2. The maximum Gasteiger partial charge on any atom is 0.410 e. The number of aromatic nitrogens is 3. The SMILES string of the molecule is O=C(NCCN1CCN(C(=O)OCc2cc(Cl)cc(Cl)c2)CC1)c1ccc2[nH]nnc2c1. The van der Waals surface area contributed by atoms with Crippen molar-refractivity contribution < 1.29 is 14.3 Å². The number of ether oxygens (including phenoxy) is 1. The Labute approximate surface area is 194 Å². The average molecular weight is 477 g/mol. The fourth-order valence-corrected chi connectivity index (χ4v) is 4.07. The molecule has 1 aromatic heterocycles. The summed E-state index contributed by atoms with van der Waals surface area (Å²) in [6.45, 7) is 3.86. The molecule has 2 aromatic carbocycles. The third-order valence-corrected chi connectivity index (χ3v) is 5.65. The molecular weight excluding hydrogens is 455 g/mol. The average Bonchev–Trinajstić information content (AvgIpc) is 3.25. The van der Waals surface area contributed by atoms with Crippen molar-refractivity contribution in [2.45, 2.75) is 6.61 Å². The summed E-state index contributed by atoms with van der Waals surface area (Å²) in [6.07, 6.45) is -0.364. The van der Waals surface area contributed by atoms with Gasteiger partial charge in [-0.3, -0.25) is 14.8 Å². The number of hydrogen-bond donors (Lipinski definition) is 2. The molecule has 0 radical (unpaired) electrons. The van der Waals surface area contributed by atoms with Crippen molar-refractivity contribution >= 4 is 46.2 Å². The molecule has 1 aliphatic rings. The highest BCUT2D eigenvalue weighted by Crippen LogP contribution is 2.20. The first-order valence-corrected chi connectivity index (χ1v) is 10.9. The van der Waals surface area contributed by atoms with Crippen LogP contribution in [0.2, 0.25) is 10.0 Å². The molecular formula is C21H22Cl2N6O3. The summed E-state index contributed by atoms with van der Waals surface area (Å²) in [6, 6.07) is 10.3. The summed E-state index contributed by atoms with van der Waals surface area (Å²) in [4.78, 5) is 28.6. The molecule has 9 nitrogen and oxygen atoms in total. The molecule has 1 aliphatic heterocycles. The molecule has 2 amide bonds. The van der Waals surface area contributed by atoms with Gasteiger partial charge < -0.3 is 15.0 Å². The number of carbonyl (C=O) groups is 2. The van der Waals surface area contributed by atoms with Gasteiger partial charge in [0, 0.05) is 54.9 Å². The number of carbonyl (C=O) groups excluding carboxylic acids is 2. The molecule has 0 spiro atoms. The molecule has 0 bridgehead atoms. The number of hydrogen-bond acceptors (Lipinski definition) is 6. The summed E-state index contributed by atoms with van der Waals surface area (Å²) in [5, 5.41) is 14.3. The number of fused-ring (bicyclic) bond motifs is 1. The molecule has 0 atom stereocenters. The Hall–Kier alpha value is -2.88. The van der Waals surface area contributed by atoms with Crippen LogP contribution in [0, 0.1) is 0 Å². The van der Waals surface area contributed by atoms with Crippen molar-refractivity contribution in [3.05, 3.63) is 57.6 Å². The molecule has 32 heavy (non-hydrogen) atoms. The van der Waals surface area contributed by atoms with Crippen molar-refractivity contribution in [1.29, 1.82) is 0 Å². The lowest BCUT2D eigenvalue weighted by Gasteiger charge is -2.34. The third kappa shape index (κ3) is 5.67. The van der Waals surface area contributed by atoms with Crippen LogP contribution in [-0.4, -0.2) is 76.5 Å². The molecule has 2 heterocycles. The molecule has 4 rings (SSSR count). The van der Waals surface area contributed by atoms with Gasteiger partial charge in [-0.2, -0.15) is 0 Å². The fraction of sp³-hybridized carbons (Fsp3) is 0.333. The molecule has 3 aromatic rings. The number of benzene rings is 2. The summed E-state index contributed by atoms with van der Waals surface area (Å²) >= 11 is 11.9. The van der Waals surface area contributed by atoms with Crippen LogP contribution in [0.3, 0.4) is 0 Å². The highest BCUT2D eigenvalue weighted by Gasteiger charge is 2.22. The summed E-state index contributed by atoms with van der Waals surface area (Å²) in [5.74, 6) is -0.154. The number of aromatic amines is 1. The Kier molecular flexibility index (Phi) is 7.09. The van der Waals surface area contributed by atoms with Crippen molar-refractivity contribution in [2.75, 3.05) is 39.3 Å². The van der Waals surface area contributed by atoms with Crippen LogP contribution < -0.4 is 5.32 Å². The predicted molar refractivity (Wildman–Crippen MR) is 121 cm³/mol. The normalized spacial score (nSPS) is 14.5. The number of nitrogens with zero attached hydrogens (tertiary/aromatic N) is 4. The first-order chi connectivity index (χ1) is 15.5. The largest absolute Gasteiger partial charge is 0.445 e. The lowest BCUT2D eigenvalue weighted by Crippen LogP contribution is -2.50. The standard InChI is InChI=1S/C21H22Cl2N6O3/c22-16-9-14(10-17(23)12-16)13-32-21(31)29-7-5-28(6-8-29)4-3-24-20(30)15-1-2-18-19(11-15)26-27-25-18/h1-2,9-12H,3-8,13H2,(H,24,30)(H,25,26,27). The zero-order valence-corrected chi connectivity index (χ0v) is 18.7. The van der Waals surface area contributed by atoms with Crippen LogP contribution in [0.1, 0.15) is 15.9 Å². The quantitative estimate of drug-likeness (QED) is 0.566. The monoisotopic (exact) mass is 476 g/mol. The van der Waals surface area contributed by atoms with E-state index in [-0.39, 0.29) is 18.6 Å². The zero-order valence-electron chi connectivity index (χ0n) is 17.2. The second kappa shape index (κ2) is 10.2. The predicted octanol–water partition coefficient (Wildman–Crippen LogP) is 2.95. The van der Waals surface area contributed by atoms with Crippen molar-refractivity contribution in [3.63, 3.8) is 0 Å². The van der Waals surface area contributed by atoms with Crippen molar-refractivity contribution in [2.24, 2.45) is 0 Å². The molecule has 1 saturated heterocycles. The van der Waals surface area contributed by atoms with Gasteiger partial charge >= 0.3 is 6.09 Å². The molecule has 2 N–H and O–H groups in total. The van der Waals surface area contributed by atoms with E-state index in [4.69, 9.17) is 27.9 Å². The van der Waals surface area contributed by atoms with E-state index in [0.717, 1.165) is 11.1 Å². The lowest BCUT2D eigenvalue weighted by atomic mass is 10.2. The minimum absolute atomic E-state index is 0.117. The van der Waals surface area contributed by atoms with Gasteiger partial charge in [0.1, 0.15) is 12.1 Å². The number of amides is 2. The van der Waals surface area contributed by atoms with E-state index in [9.17, 15) is 9.59 Å². The Morgan fingerprint density at radius 1 is 1.06 bits per heavy atom. The molecule has 0 aliphatic carbocycles. The van der Waals surface area contributed by atoms with Gasteiger partial charge in [-0.25, -0.2) is 4.79 Å². The van der Waals surface area contributed by atoms with Crippen LogP contribution in [0.4, 0.5) is 4.79 Å². The lowest BCUT2D eigenvalue weighted by molar-refractivity contribution is 0.0716. The number of piperazine rings is 1. The summed E-state index contributed by atoms with van der Waals surface area (Å²) < 4.78 is 5.38. The van der Waals surface area contributed by atoms with E-state index in [0.29, 0.717) is 60.4 Å². The van der Waals surface area contributed by atoms with Crippen LogP contribution >= 0.6 is 23.2 Å². The Morgan fingerprint density at radius 2 is 1.81 bits per heavy atom. The number of rotatable bonds is 6. The maximum absolute atomic E-state index is 12.4. The Bertz CT molecular complexity index is 1090. The molecule has 11 heteroatoms. The van der Waals surface area contributed by atoms with Gasteiger partial charge in [-0.05, 0) is 42.0 Å². The van der Waals surface area contributed by atoms with Gasteiger partial charge in [0.15, 0.2) is 0 Å². The van der Waals surface area contributed by atoms with Crippen LogP contribution in [0.15, 0.2) is 36.4 Å². The second-order valence-electron chi connectivity index (χ2n) is 7.46. The molecule has 0 unspecified atom stereocenters. The maximum atomic E-state index is 12.4. The Morgan fingerprint density at radius 3 is 2.56 bits per heavy atom. The number of halogens is 2. The highest BCUT2D eigenvalue weighted by atomic mass is 35.5. The van der Waals surface area contributed by atoms with Crippen molar-refractivity contribution in [3.8, 4) is 0 Å². The second-order valence-corrected chi connectivity index (χ2v) is 8.33. The van der Waals surface area contributed by atoms with E-state index >= 15 is 0 Å². The molecule has 0 saturated carbocycles. The van der Waals surface area contributed by atoms with Gasteiger partial charge in [0.2, 0.25) is 0 Å². The molecule has 1 fully saturated rings. The van der Waals surface area contributed by atoms with E-state index in [1.165, 1.54) is 0 Å². The van der Waals surface area contributed by atoms with Gasteiger partial charge in [0.05, 0.1) is 5.52 Å². The summed E-state index contributed by atoms with van der Waals surface area (Å²) in [5.41, 5.74) is 2.72. The van der Waals surface area contributed by atoms with Gasteiger partial charge in [0.25, 0.3) is 5.91 Å². The zero-order chi connectivity index (χ0) is 22.5. The third-order valence-electron chi connectivity index (χ3n) is 5.22. The smallest absolute Gasteiger partial charge is 0.410 e. The van der Waals surface area contributed by atoms with Crippen LogP contribution in [0.25, 0.3) is 11.0 Å². The van der Waals surface area contributed by atoms with E-state index in [1.54, 1.807) is 41.3 Å². The van der Waals surface area contributed by atoms with E-state index in [2.05, 4.69) is 25.6 Å². The number of H-pyrrole nitrogens is 1. The van der Waals surface area contributed by atoms with Gasteiger partial charge in [-0.1, -0.05) is 28.4 Å². The van der Waals surface area contributed by atoms with Crippen molar-refractivity contribution in [1.82, 2.24) is 30.5 Å². The number of nitrogens with one attached hydrogen (secondary N) is 2.